The van der Waals surface area contributed by atoms with Gasteiger partial charge in [-0.1, -0.05) is 6.92 Å². The highest BCUT2D eigenvalue weighted by Gasteiger charge is 2.26. The lowest BCUT2D eigenvalue weighted by molar-refractivity contribution is 0.253. The fourth-order valence-electron chi connectivity index (χ4n) is 2.42. The van der Waals surface area contributed by atoms with Gasteiger partial charge in [-0.05, 0) is 40.7 Å². The molecule has 112 valence electrons. The van der Waals surface area contributed by atoms with Crippen LogP contribution < -0.4 is 16.2 Å². The van der Waals surface area contributed by atoms with Gasteiger partial charge in [-0.3, -0.25) is 4.79 Å². The predicted molar refractivity (Wildman–Crippen MR) is 82.0 cm³/mol. The summed E-state index contributed by atoms with van der Waals surface area (Å²) in [5.41, 5.74) is 0.671. The Hall–Kier alpha value is -0.920. The average molecular weight is 345 g/mol. The number of halogens is 1. The Balaban J connectivity index is 2.06. The van der Waals surface area contributed by atoms with E-state index in [1.54, 1.807) is 6.20 Å². The van der Waals surface area contributed by atoms with Crippen molar-refractivity contribution in [3.05, 3.63) is 21.0 Å². The van der Waals surface area contributed by atoms with Crippen LogP contribution in [0.3, 0.4) is 0 Å². The number of hydrogen-bond donors (Lipinski definition) is 3. The molecule has 1 aromatic heterocycles. The molecule has 1 aliphatic heterocycles. The van der Waals surface area contributed by atoms with Crippen molar-refractivity contribution in [3.8, 4) is 0 Å². The Kier molecular flexibility index (Phi) is 5.17. The van der Waals surface area contributed by atoms with Crippen LogP contribution in [0.1, 0.15) is 19.8 Å². The Bertz CT molecular complexity index is 512. The van der Waals surface area contributed by atoms with E-state index < -0.39 is 0 Å². The maximum absolute atomic E-state index is 12.0. The lowest BCUT2D eigenvalue weighted by Gasteiger charge is -2.34. The van der Waals surface area contributed by atoms with E-state index in [9.17, 15) is 4.79 Å². The van der Waals surface area contributed by atoms with Crippen LogP contribution >= 0.6 is 15.9 Å². The molecule has 0 aliphatic carbocycles. The number of nitrogens with one attached hydrogen (secondary N) is 2. The monoisotopic (exact) mass is 344 g/mol. The zero-order valence-electron chi connectivity index (χ0n) is 11.7. The third-order valence-electron chi connectivity index (χ3n) is 3.69. The van der Waals surface area contributed by atoms with Gasteiger partial charge >= 0.3 is 0 Å². The van der Waals surface area contributed by atoms with Gasteiger partial charge in [0.15, 0.2) is 0 Å². The highest BCUT2D eigenvalue weighted by atomic mass is 79.9. The summed E-state index contributed by atoms with van der Waals surface area (Å²) < 4.78 is 1.72. The molecule has 2 rings (SSSR count). The standard InChI is InChI=1S/C13H21BrN4O2/c1-13(3-2-4-15-8-13)9-16-10-7-17-18(5-6-19)12(20)11(10)14/h7,15-16,19H,2-6,8-9H2,1H3. The minimum Gasteiger partial charge on any atom is -0.394 e. The topological polar surface area (TPSA) is 79.2 Å². The van der Waals surface area contributed by atoms with E-state index in [1.165, 1.54) is 17.5 Å². The van der Waals surface area contributed by atoms with E-state index in [0.29, 0.717) is 10.2 Å². The number of anilines is 1. The van der Waals surface area contributed by atoms with Crippen LogP contribution in [-0.2, 0) is 6.54 Å². The molecule has 1 aromatic rings. The summed E-state index contributed by atoms with van der Waals surface area (Å²) in [6.45, 7) is 5.20. The lowest BCUT2D eigenvalue weighted by atomic mass is 9.83. The number of piperidine rings is 1. The molecule has 20 heavy (non-hydrogen) atoms. The molecule has 6 nitrogen and oxygen atoms in total. The zero-order chi connectivity index (χ0) is 14.6. The summed E-state index contributed by atoms with van der Waals surface area (Å²) in [7, 11) is 0. The van der Waals surface area contributed by atoms with Crippen molar-refractivity contribution >= 4 is 21.6 Å². The smallest absolute Gasteiger partial charge is 0.283 e. The highest BCUT2D eigenvalue weighted by molar-refractivity contribution is 9.10. The Labute approximate surface area is 126 Å². The first-order valence-electron chi connectivity index (χ1n) is 6.87. The summed E-state index contributed by atoms with van der Waals surface area (Å²) in [5, 5.41) is 19.6. The second-order valence-electron chi connectivity index (χ2n) is 5.57. The SMILES string of the molecule is CC1(CNc2cnn(CCO)c(=O)c2Br)CCCNC1. The van der Waals surface area contributed by atoms with Crippen molar-refractivity contribution < 1.29 is 5.11 Å². The van der Waals surface area contributed by atoms with Crippen LogP contribution in [0.25, 0.3) is 0 Å². The molecular weight excluding hydrogens is 324 g/mol. The van der Waals surface area contributed by atoms with Crippen LogP contribution in [0.5, 0.6) is 0 Å². The first kappa shape index (κ1) is 15.5. The quantitative estimate of drug-likeness (QED) is 0.736. The van der Waals surface area contributed by atoms with Gasteiger partial charge in [-0.2, -0.15) is 5.10 Å². The van der Waals surface area contributed by atoms with Gasteiger partial charge in [0, 0.05) is 13.1 Å². The van der Waals surface area contributed by atoms with E-state index in [-0.39, 0.29) is 24.1 Å². The molecule has 0 bridgehead atoms. The molecule has 0 radical (unpaired) electrons. The van der Waals surface area contributed by atoms with E-state index in [1.807, 2.05) is 0 Å². The van der Waals surface area contributed by atoms with Crippen LogP contribution in [0, 0.1) is 5.41 Å². The normalized spacial score (nSPS) is 22.8. The molecule has 2 heterocycles. The van der Waals surface area contributed by atoms with Crippen molar-refractivity contribution in [1.82, 2.24) is 15.1 Å². The molecule has 1 unspecified atom stereocenters. The average Bonchev–Trinajstić information content (AvgIpc) is 2.44. The minimum atomic E-state index is -0.226. The van der Waals surface area contributed by atoms with Crippen LogP contribution in [0.2, 0.25) is 0 Å². The molecule has 0 aromatic carbocycles. The van der Waals surface area contributed by atoms with Gasteiger partial charge in [0.25, 0.3) is 5.56 Å². The third kappa shape index (κ3) is 3.59. The molecule has 0 spiro atoms. The fraction of sp³-hybridized carbons (Fsp3) is 0.692. The molecule has 1 fully saturated rings. The van der Waals surface area contributed by atoms with Crippen molar-refractivity contribution in [2.24, 2.45) is 5.41 Å². The van der Waals surface area contributed by atoms with Gasteiger partial charge in [-0.25, -0.2) is 4.68 Å². The fourth-order valence-corrected chi connectivity index (χ4v) is 2.87. The Morgan fingerprint density at radius 2 is 2.45 bits per heavy atom. The number of aromatic nitrogens is 2. The van der Waals surface area contributed by atoms with Crippen LogP contribution in [0.4, 0.5) is 5.69 Å². The predicted octanol–water partition coefficient (Wildman–Crippen LogP) is 0.800. The third-order valence-corrected chi connectivity index (χ3v) is 4.45. The van der Waals surface area contributed by atoms with Crippen molar-refractivity contribution in [3.63, 3.8) is 0 Å². The molecule has 1 atom stereocenters. The summed E-state index contributed by atoms with van der Waals surface area (Å²) in [4.78, 5) is 12.0. The van der Waals surface area contributed by atoms with Gasteiger partial charge in [0.2, 0.25) is 0 Å². The zero-order valence-corrected chi connectivity index (χ0v) is 13.2. The van der Waals surface area contributed by atoms with E-state index in [0.717, 1.165) is 19.6 Å². The van der Waals surface area contributed by atoms with Gasteiger partial charge in [-0.15, -0.1) is 0 Å². The van der Waals surface area contributed by atoms with E-state index >= 15 is 0 Å². The number of aliphatic hydroxyl groups excluding tert-OH is 1. The maximum atomic E-state index is 12.0. The summed E-state index contributed by atoms with van der Waals surface area (Å²) in [6, 6.07) is 0. The van der Waals surface area contributed by atoms with E-state index in [4.69, 9.17) is 5.11 Å². The summed E-state index contributed by atoms with van der Waals surface area (Å²) >= 11 is 3.31. The maximum Gasteiger partial charge on any atom is 0.283 e. The Morgan fingerprint density at radius 3 is 3.10 bits per heavy atom. The summed E-state index contributed by atoms with van der Waals surface area (Å²) in [6.07, 6.45) is 3.97. The lowest BCUT2D eigenvalue weighted by Crippen LogP contribution is -2.42. The molecule has 0 amide bonds. The number of rotatable bonds is 5. The van der Waals surface area contributed by atoms with Crippen LogP contribution in [-0.4, -0.2) is 41.1 Å². The minimum absolute atomic E-state index is 0.101. The number of aliphatic hydroxyl groups is 1. The number of hydrogen-bond acceptors (Lipinski definition) is 5. The highest BCUT2D eigenvalue weighted by Crippen LogP contribution is 2.26. The molecule has 0 saturated carbocycles. The second-order valence-corrected chi connectivity index (χ2v) is 6.36. The Morgan fingerprint density at radius 1 is 1.65 bits per heavy atom. The van der Waals surface area contributed by atoms with Crippen LogP contribution in [0.15, 0.2) is 15.5 Å². The molecule has 1 saturated heterocycles. The van der Waals surface area contributed by atoms with Crippen molar-refractivity contribution in [1.29, 1.82) is 0 Å². The van der Waals surface area contributed by atoms with Crippen molar-refractivity contribution in [2.45, 2.75) is 26.3 Å². The largest absolute Gasteiger partial charge is 0.394 e. The molecule has 7 heteroatoms. The number of nitrogens with zero attached hydrogens (tertiary/aromatic N) is 2. The second kappa shape index (κ2) is 6.69. The van der Waals surface area contributed by atoms with Gasteiger partial charge in [0.1, 0.15) is 4.47 Å². The van der Waals surface area contributed by atoms with Crippen molar-refractivity contribution in [2.75, 3.05) is 31.6 Å². The molecular formula is C13H21BrN4O2. The van der Waals surface area contributed by atoms with Gasteiger partial charge < -0.3 is 15.7 Å². The first-order chi connectivity index (χ1) is 9.56. The van der Waals surface area contributed by atoms with Gasteiger partial charge in [0.05, 0.1) is 25.0 Å². The molecule has 3 N–H and O–H groups in total. The summed E-state index contributed by atoms with van der Waals surface area (Å²) in [5.74, 6) is 0. The first-order valence-corrected chi connectivity index (χ1v) is 7.66. The molecule has 1 aliphatic rings. The van der Waals surface area contributed by atoms with E-state index in [2.05, 4.69) is 38.6 Å².